The number of hydrogen-bond acceptors (Lipinski definition) is 8. The van der Waals surface area contributed by atoms with Gasteiger partial charge in [0.15, 0.2) is 23.8 Å². The molecule has 0 bridgehead atoms. The van der Waals surface area contributed by atoms with Crippen molar-refractivity contribution in [3.8, 4) is 17.2 Å². The number of halogens is 1. The summed E-state index contributed by atoms with van der Waals surface area (Å²) in [6, 6.07) is 10.2. The van der Waals surface area contributed by atoms with E-state index in [-0.39, 0.29) is 35.6 Å². The lowest BCUT2D eigenvalue weighted by Crippen LogP contribution is -2.15. The van der Waals surface area contributed by atoms with Gasteiger partial charge >= 0.3 is 11.9 Å². The fourth-order valence-electron chi connectivity index (χ4n) is 2.83. The van der Waals surface area contributed by atoms with Gasteiger partial charge in [0.1, 0.15) is 5.75 Å². The summed E-state index contributed by atoms with van der Waals surface area (Å²) in [7, 11) is 1.57. The predicted molar refractivity (Wildman–Crippen MR) is 118 cm³/mol. The van der Waals surface area contributed by atoms with Crippen LogP contribution in [0.2, 0.25) is 5.02 Å². The minimum atomic E-state index is -0.590. The first kappa shape index (κ1) is 23.1. The number of methoxy groups -OCH3 is 1. The molecule has 0 unspecified atom stereocenters. The highest BCUT2D eigenvalue weighted by Crippen LogP contribution is 2.37. The van der Waals surface area contributed by atoms with Crippen LogP contribution in [0.25, 0.3) is 6.08 Å². The monoisotopic (exact) mass is 459 g/mol. The highest BCUT2D eigenvalue weighted by atomic mass is 35.5. The lowest BCUT2D eigenvalue weighted by atomic mass is 10.1. The third-order valence-corrected chi connectivity index (χ3v) is 4.51. The largest absolute Gasteiger partial charge is 0.497 e. The second-order valence-electron chi connectivity index (χ2n) is 6.42. The van der Waals surface area contributed by atoms with Gasteiger partial charge in [-0.25, -0.2) is 14.6 Å². The smallest absolute Gasteiger partial charge is 0.363 e. The second kappa shape index (κ2) is 10.7. The van der Waals surface area contributed by atoms with Gasteiger partial charge in [-0.1, -0.05) is 11.6 Å². The molecule has 1 aliphatic rings. The first-order chi connectivity index (χ1) is 15.4. The van der Waals surface area contributed by atoms with E-state index in [1.54, 1.807) is 57.4 Å². The van der Waals surface area contributed by atoms with Gasteiger partial charge in [0.2, 0.25) is 5.90 Å². The quantitative estimate of drug-likeness (QED) is 0.412. The molecule has 1 aliphatic heterocycles. The summed E-state index contributed by atoms with van der Waals surface area (Å²) >= 11 is 6.36. The maximum Gasteiger partial charge on any atom is 0.363 e. The minimum absolute atomic E-state index is 0.106. The molecule has 8 nitrogen and oxygen atoms in total. The summed E-state index contributed by atoms with van der Waals surface area (Å²) in [6.07, 6.45) is 1.53. The Labute approximate surface area is 190 Å². The second-order valence-corrected chi connectivity index (χ2v) is 6.83. The first-order valence-corrected chi connectivity index (χ1v) is 10.2. The zero-order valence-corrected chi connectivity index (χ0v) is 18.6. The average Bonchev–Trinajstić information content (AvgIpc) is 3.13. The normalized spacial score (nSPS) is 14.1. The Balaban J connectivity index is 1.87. The molecule has 0 aromatic heterocycles. The van der Waals surface area contributed by atoms with E-state index in [0.29, 0.717) is 29.2 Å². The van der Waals surface area contributed by atoms with E-state index in [1.807, 2.05) is 0 Å². The zero-order chi connectivity index (χ0) is 23.1. The van der Waals surface area contributed by atoms with Crippen LogP contribution in [-0.4, -0.2) is 44.8 Å². The molecule has 0 radical (unpaired) electrons. The summed E-state index contributed by atoms with van der Waals surface area (Å²) in [5.74, 6) is 0.285. The molecule has 3 rings (SSSR count). The molecular formula is C23H22ClNO7. The van der Waals surface area contributed by atoms with Gasteiger partial charge < -0.3 is 23.7 Å². The summed E-state index contributed by atoms with van der Waals surface area (Å²) in [5.41, 5.74) is 1.29. The van der Waals surface area contributed by atoms with Gasteiger partial charge in [-0.15, -0.1) is 0 Å². The lowest BCUT2D eigenvalue weighted by molar-refractivity contribution is -0.145. The third-order valence-electron chi connectivity index (χ3n) is 4.23. The molecule has 0 saturated heterocycles. The van der Waals surface area contributed by atoms with Crippen molar-refractivity contribution in [1.82, 2.24) is 0 Å². The molecule has 1 heterocycles. The van der Waals surface area contributed by atoms with Crippen LogP contribution in [0.1, 0.15) is 25.0 Å². The van der Waals surface area contributed by atoms with E-state index in [2.05, 4.69) is 4.99 Å². The summed E-state index contributed by atoms with van der Waals surface area (Å²) < 4.78 is 26.4. The molecule has 0 aliphatic carbocycles. The van der Waals surface area contributed by atoms with Crippen molar-refractivity contribution < 1.29 is 33.3 Å². The predicted octanol–water partition coefficient (Wildman–Crippen LogP) is 4.03. The number of carbonyl (C=O) groups is 2. The molecule has 2 aromatic rings. The van der Waals surface area contributed by atoms with Gasteiger partial charge in [0.05, 0.1) is 25.3 Å². The van der Waals surface area contributed by atoms with E-state index in [9.17, 15) is 9.59 Å². The van der Waals surface area contributed by atoms with Crippen LogP contribution in [-0.2, 0) is 19.1 Å². The SMILES string of the molecule is CCOC(=O)COc1c(Cl)cc(/C=C2\N=C(c3ccc(OC)cc3)OC2=O)cc1OCC. The highest BCUT2D eigenvalue weighted by Gasteiger charge is 2.24. The molecule has 2 aromatic carbocycles. The Morgan fingerprint density at radius 1 is 1.12 bits per heavy atom. The summed E-state index contributed by atoms with van der Waals surface area (Å²) in [6.45, 7) is 3.78. The lowest BCUT2D eigenvalue weighted by Gasteiger charge is -2.14. The standard InChI is InChI=1S/C23H22ClNO7/c1-4-29-19-12-14(10-17(24)21(19)31-13-20(26)30-5-2)11-18-23(27)32-22(25-18)15-6-8-16(28-3)9-7-15/h6-12H,4-5,13H2,1-3H3/b18-11-. The minimum Gasteiger partial charge on any atom is -0.497 e. The molecule has 9 heteroatoms. The number of nitrogens with zero attached hydrogens (tertiary/aromatic N) is 1. The van der Waals surface area contributed by atoms with Crippen LogP contribution >= 0.6 is 11.6 Å². The summed E-state index contributed by atoms with van der Waals surface area (Å²) in [4.78, 5) is 28.2. The zero-order valence-electron chi connectivity index (χ0n) is 17.8. The molecule has 0 saturated carbocycles. The number of cyclic esters (lactones) is 1. The Kier molecular flexibility index (Phi) is 7.72. The van der Waals surface area contributed by atoms with Crippen LogP contribution in [0.3, 0.4) is 0 Å². The van der Waals surface area contributed by atoms with Gasteiger partial charge in [-0.3, -0.25) is 0 Å². The van der Waals surface area contributed by atoms with Crippen LogP contribution in [0.15, 0.2) is 47.1 Å². The Hall–Kier alpha value is -3.52. The van der Waals surface area contributed by atoms with Crippen molar-refractivity contribution >= 4 is 35.5 Å². The Morgan fingerprint density at radius 2 is 1.88 bits per heavy atom. The Morgan fingerprint density at radius 3 is 2.53 bits per heavy atom. The topological polar surface area (TPSA) is 92.7 Å². The van der Waals surface area contributed by atoms with Crippen molar-refractivity contribution in [2.75, 3.05) is 26.9 Å². The number of benzene rings is 2. The van der Waals surface area contributed by atoms with E-state index in [1.165, 1.54) is 6.08 Å². The number of rotatable bonds is 9. The van der Waals surface area contributed by atoms with E-state index >= 15 is 0 Å². The van der Waals surface area contributed by atoms with Crippen LogP contribution in [0.5, 0.6) is 17.2 Å². The number of ether oxygens (including phenoxy) is 5. The van der Waals surface area contributed by atoms with Gasteiger partial charge in [-0.05, 0) is 61.9 Å². The molecule has 0 fully saturated rings. The molecule has 0 spiro atoms. The van der Waals surface area contributed by atoms with Gasteiger partial charge in [-0.2, -0.15) is 0 Å². The number of aliphatic imine (C=N–C) groups is 1. The van der Waals surface area contributed by atoms with Crippen LogP contribution in [0.4, 0.5) is 0 Å². The summed E-state index contributed by atoms with van der Waals surface area (Å²) in [5, 5.41) is 0.206. The van der Waals surface area contributed by atoms with E-state index in [0.717, 1.165) is 0 Å². The molecule has 32 heavy (non-hydrogen) atoms. The van der Waals surface area contributed by atoms with Crippen molar-refractivity contribution in [3.05, 3.63) is 58.2 Å². The fraction of sp³-hybridized carbons (Fsp3) is 0.261. The molecule has 0 N–H and O–H groups in total. The van der Waals surface area contributed by atoms with Crippen molar-refractivity contribution in [3.63, 3.8) is 0 Å². The van der Waals surface area contributed by atoms with Crippen molar-refractivity contribution in [1.29, 1.82) is 0 Å². The van der Waals surface area contributed by atoms with Crippen molar-refractivity contribution in [2.24, 2.45) is 4.99 Å². The average molecular weight is 460 g/mol. The van der Waals surface area contributed by atoms with Crippen LogP contribution < -0.4 is 14.2 Å². The maximum atomic E-state index is 12.3. The van der Waals surface area contributed by atoms with E-state index < -0.39 is 11.9 Å². The van der Waals surface area contributed by atoms with Crippen LogP contribution in [0, 0.1) is 0 Å². The molecule has 0 atom stereocenters. The van der Waals surface area contributed by atoms with E-state index in [4.69, 9.17) is 35.3 Å². The number of carbonyl (C=O) groups excluding carboxylic acids is 2. The third kappa shape index (κ3) is 5.59. The molecule has 0 amide bonds. The van der Waals surface area contributed by atoms with Gasteiger partial charge in [0, 0.05) is 5.56 Å². The Bertz CT molecular complexity index is 1060. The van der Waals surface area contributed by atoms with Gasteiger partial charge in [0.25, 0.3) is 0 Å². The highest BCUT2D eigenvalue weighted by molar-refractivity contribution is 6.32. The van der Waals surface area contributed by atoms with Crippen molar-refractivity contribution in [2.45, 2.75) is 13.8 Å². The molecular weight excluding hydrogens is 438 g/mol. The number of esters is 2. The first-order valence-electron chi connectivity index (χ1n) is 9.86. The maximum absolute atomic E-state index is 12.3. The number of hydrogen-bond donors (Lipinski definition) is 0. The fourth-order valence-corrected chi connectivity index (χ4v) is 3.11. The molecule has 168 valence electrons.